The minimum Gasteiger partial charge on any atom is -0.497 e. The van der Waals surface area contributed by atoms with Crippen molar-refractivity contribution >= 4 is 46.3 Å². The van der Waals surface area contributed by atoms with Crippen molar-refractivity contribution in [2.45, 2.75) is 89.6 Å². The molecule has 3 fully saturated rings. The van der Waals surface area contributed by atoms with Gasteiger partial charge in [-0.15, -0.1) is 51.7 Å². The standard InChI is InChI=1S/C19H28N4O2.C10H9NO2.C5H9NOS.C2H4.3C2H2/c1-19(2,3)16(22-15-8-4-5-11-20-15)18(25)23-12-6-7-14(23)17(24)21-13-9-10-13;1-13-8-2-3-9-7(6-8)4-5-11-10(9)12;1-4(7)6-8-5-2-3-5;4*1-2/h4-5,8,11,13-14,16H,6-7,9-10,12H2,1-3H3,(H,20,22)(H,21,24);2-6H,1H3,(H,11,12);5H,2-3H2,1H3,(H,6,7);1-2H2;3*1-2H/t14-,16?;;;;;;/m0....../s1. The average Bonchev–Trinajstić information content (AvgIpc) is 4.15. The van der Waals surface area contributed by atoms with E-state index in [9.17, 15) is 19.2 Å². The predicted octanol–water partition coefficient (Wildman–Crippen LogP) is 6.20. The molecule has 3 heterocycles. The van der Waals surface area contributed by atoms with Crippen LogP contribution in [0.4, 0.5) is 5.82 Å². The molecule has 2 aliphatic carbocycles. The number of nitrogens with one attached hydrogen (secondary N) is 4. The molecular formula is C42H56N6O5S. The molecule has 2 saturated carbocycles. The number of carbonyl (C=O) groups is 3. The number of nitrogens with zero attached hydrogens (tertiary/aromatic N) is 2. The van der Waals surface area contributed by atoms with Crippen molar-refractivity contribution in [3.05, 3.63) is 78.4 Å². The molecule has 3 aliphatic rings. The molecule has 0 bridgehead atoms. The van der Waals surface area contributed by atoms with Crippen LogP contribution in [0.5, 0.6) is 5.75 Å². The number of likely N-dealkylation sites (tertiary alicyclic amines) is 1. The Morgan fingerprint density at radius 1 is 0.981 bits per heavy atom. The molecule has 0 radical (unpaired) electrons. The molecule has 54 heavy (non-hydrogen) atoms. The number of H-pyrrole nitrogens is 1. The first-order valence-electron chi connectivity index (χ1n) is 17.3. The molecule has 3 amide bonds. The molecule has 11 nitrogen and oxygen atoms in total. The number of pyridine rings is 2. The zero-order chi connectivity index (χ0) is 41.3. The molecule has 0 spiro atoms. The van der Waals surface area contributed by atoms with Crippen molar-refractivity contribution in [2.24, 2.45) is 5.41 Å². The number of carbonyl (C=O) groups excluding carboxylic acids is 3. The van der Waals surface area contributed by atoms with Gasteiger partial charge in [-0.05, 0) is 97.7 Å². The third-order valence-corrected chi connectivity index (χ3v) is 8.92. The summed E-state index contributed by atoms with van der Waals surface area (Å²) < 4.78 is 7.74. The molecule has 4 N–H and O–H groups in total. The van der Waals surface area contributed by atoms with Crippen molar-refractivity contribution in [3.8, 4) is 44.3 Å². The first-order chi connectivity index (χ1) is 26.0. The maximum Gasteiger partial charge on any atom is 0.255 e. The van der Waals surface area contributed by atoms with E-state index in [2.05, 4.69) is 77.0 Å². The second kappa shape index (κ2) is 26.2. The first kappa shape index (κ1) is 48.4. The third kappa shape index (κ3) is 17.3. The minimum atomic E-state index is -0.434. The van der Waals surface area contributed by atoms with E-state index < -0.39 is 6.04 Å². The zero-order valence-electron chi connectivity index (χ0n) is 32.2. The molecule has 2 atom stereocenters. The van der Waals surface area contributed by atoms with Gasteiger partial charge in [0.25, 0.3) is 5.56 Å². The predicted molar refractivity (Wildman–Crippen MR) is 223 cm³/mol. The van der Waals surface area contributed by atoms with Gasteiger partial charge in [-0.3, -0.25) is 19.2 Å². The van der Waals surface area contributed by atoms with Gasteiger partial charge in [0.1, 0.15) is 23.7 Å². The summed E-state index contributed by atoms with van der Waals surface area (Å²) in [4.78, 5) is 55.9. The molecule has 1 aromatic carbocycles. The Morgan fingerprint density at radius 3 is 2.15 bits per heavy atom. The van der Waals surface area contributed by atoms with E-state index in [-0.39, 0.29) is 34.7 Å². The Balaban J connectivity index is 0.000000807. The van der Waals surface area contributed by atoms with E-state index in [0.29, 0.717) is 23.8 Å². The highest BCUT2D eigenvalue weighted by molar-refractivity contribution is 7.98. The van der Waals surface area contributed by atoms with Gasteiger partial charge in [0, 0.05) is 42.5 Å². The fourth-order valence-electron chi connectivity index (χ4n) is 4.89. The van der Waals surface area contributed by atoms with Crippen LogP contribution >= 0.6 is 11.9 Å². The number of terminal acetylenes is 3. The molecule has 1 aliphatic heterocycles. The highest BCUT2D eigenvalue weighted by atomic mass is 32.2. The smallest absolute Gasteiger partial charge is 0.255 e. The third-order valence-electron chi connectivity index (χ3n) is 7.71. The van der Waals surface area contributed by atoms with Crippen LogP contribution < -0.4 is 25.7 Å². The highest BCUT2D eigenvalue weighted by Gasteiger charge is 2.42. The number of aromatic amines is 1. The molecule has 1 saturated heterocycles. The van der Waals surface area contributed by atoms with Gasteiger partial charge in [0.05, 0.1) is 7.11 Å². The van der Waals surface area contributed by atoms with E-state index in [0.717, 1.165) is 42.1 Å². The lowest BCUT2D eigenvalue weighted by atomic mass is 9.85. The maximum absolute atomic E-state index is 13.3. The van der Waals surface area contributed by atoms with Gasteiger partial charge >= 0.3 is 0 Å². The van der Waals surface area contributed by atoms with Crippen molar-refractivity contribution in [3.63, 3.8) is 0 Å². The highest BCUT2D eigenvalue weighted by Crippen LogP contribution is 2.31. The quantitative estimate of drug-likeness (QED) is 0.121. The van der Waals surface area contributed by atoms with Gasteiger partial charge < -0.3 is 30.0 Å². The number of amides is 3. The van der Waals surface area contributed by atoms with E-state index in [1.54, 1.807) is 48.5 Å². The molecule has 2 aromatic heterocycles. The first-order valence-corrected chi connectivity index (χ1v) is 18.2. The van der Waals surface area contributed by atoms with Crippen LogP contribution in [0.15, 0.2) is 72.8 Å². The molecule has 3 aromatic rings. The Labute approximate surface area is 326 Å². The average molecular weight is 757 g/mol. The van der Waals surface area contributed by atoms with Crippen molar-refractivity contribution in [1.29, 1.82) is 0 Å². The van der Waals surface area contributed by atoms with Gasteiger partial charge in [0.2, 0.25) is 17.7 Å². The lowest BCUT2D eigenvalue weighted by molar-refractivity contribution is -0.140. The SMILES string of the molecule is C#C.C#C.C#C.C=C.CC(=O)NSC1CC1.CC(C)(C)C(Nc1ccccn1)C(=O)N1CCC[C@H]1C(=O)NC1CC1.COc1ccc2c(=O)[nH]ccc2c1. The van der Waals surface area contributed by atoms with Crippen LogP contribution in [0.3, 0.4) is 0 Å². The number of anilines is 1. The van der Waals surface area contributed by atoms with Crippen LogP contribution in [-0.4, -0.2) is 69.6 Å². The normalized spacial score (nSPS) is 15.4. The van der Waals surface area contributed by atoms with Crippen molar-refractivity contribution in [1.82, 2.24) is 24.9 Å². The second-order valence-electron chi connectivity index (χ2n) is 12.9. The molecular weight excluding hydrogens is 701 g/mol. The number of hydrogen-bond donors (Lipinski definition) is 4. The summed E-state index contributed by atoms with van der Waals surface area (Å²) in [5, 5.41) is 8.61. The summed E-state index contributed by atoms with van der Waals surface area (Å²) in [7, 11) is 1.61. The lowest BCUT2D eigenvalue weighted by Crippen LogP contribution is -2.54. The molecule has 290 valence electrons. The number of fused-ring (bicyclic) bond motifs is 1. The lowest BCUT2D eigenvalue weighted by Gasteiger charge is -2.35. The van der Waals surface area contributed by atoms with E-state index in [1.165, 1.54) is 19.8 Å². The fourth-order valence-corrected chi connectivity index (χ4v) is 5.59. The van der Waals surface area contributed by atoms with Crippen LogP contribution in [0.25, 0.3) is 10.8 Å². The van der Waals surface area contributed by atoms with Crippen LogP contribution in [-0.2, 0) is 14.4 Å². The largest absolute Gasteiger partial charge is 0.497 e. The minimum absolute atomic E-state index is 0.00107. The Bertz CT molecular complexity index is 1680. The summed E-state index contributed by atoms with van der Waals surface area (Å²) in [6.45, 7) is 14.3. The zero-order valence-corrected chi connectivity index (χ0v) is 33.0. The summed E-state index contributed by atoms with van der Waals surface area (Å²) in [5.41, 5.74) is -0.366. The van der Waals surface area contributed by atoms with Gasteiger partial charge in [0.15, 0.2) is 0 Å². The Hall–Kier alpha value is -5.64. The Morgan fingerprint density at radius 2 is 1.63 bits per heavy atom. The number of methoxy groups -OCH3 is 1. The van der Waals surface area contributed by atoms with Gasteiger partial charge in [-0.25, -0.2) is 4.98 Å². The number of aromatic nitrogens is 2. The van der Waals surface area contributed by atoms with Crippen LogP contribution in [0, 0.1) is 44.0 Å². The summed E-state index contributed by atoms with van der Waals surface area (Å²) >= 11 is 1.55. The van der Waals surface area contributed by atoms with Crippen molar-refractivity contribution in [2.75, 3.05) is 19.0 Å². The van der Waals surface area contributed by atoms with E-state index in [4.69, 9.17) is 4.74 Å². The fraction of sp³-hybridized carbons (Fsp3) is 0.405. The summed E-state index contributed by atoms with van der Waals surface area (Å²) in [6, 6.07) is 12.3. The van der Waals surface area contributed by atoms with Crippen LogP contribution in [0.1, 0.15) is 66.2 Å². The van der Waals surface area contributed by atoms with Gasteiger partial charge in [-0.1, -0.05) is 26.8 Å². The number of hydrogen-bond acceptors (Lipinski definition) is 8. The van der Waals surface area contributed by atoms with E-state index >= 15 is 0 Å². The van der Waals surface area contributed by atoms with Crippen molar-refractivity contribution < 1.29 is 19.1 Å². The van der Waals surface area contributed by atoms with E-state index in [1.807, 2.05) is 51.1 Å². The molecule has 12 heteroatoms. The monoisotopic (exact) mass is 756 g/mol. The Kier molecular flexibility index (Phi) is 23.4. The van der Waals surface area contributed by atoms with Gasteiger partial charge in [-0.2, -0.15) is 0 Å². The second-order valence-corrected chi connectivity index (χ2v) is 14.0. The molecule has 1 unspecified atom stereocenters. The summed E-state index contributed by atoms with van der Waals surface area (Å²) in [5.74, 6) is 1.47. The number of rotatable bonds is 8. The summed E-state index contributed by atoms with van der Waals surface area (Å²) in [6.07, 6.45) is 33.6. The number of ether oxygens (including phenoxy) is 1. The topological polar surface area (TPSA) is 146 Å². The van der Waals surface area contributed by atoms with Crippen LogP contribution in [0.2, 0.25) is 0 Å². The molecule has 6 rings (SSSR count). The number of benzene rings is 1. The maximum atomic E-state index is 13.3.